The highest BCUT2D eigenvalue weighted by molar-refractivity contribution is 5.39. The first-order valence-corrected chi connectivity index (χ1v) is 10.6. The average molecular weight is 492 g/mol. The van der Waals surface area contributed by atoms with E-state index in [1.54, 1.807) is 67.6 Å². The SMILES string of the molecule is CC(NCC#N)C(OCc1cc(C(F)(F)F)cc(C(F)(F)F)c1)(c1ccccc1)c1ccccc1. The minimum absolute atomic E-state index is 0.0479. The summed E-state index contributed by atoms with van der Waals surface area (Å²) in [6, 6.07) is 20.4. The third kappa shape index (κ3) is 6.02. The van der Waals surface area contributed by atoms with E-state index in [4.69, 9.17) is 10.00 Å². The van der Waals surface area contributed by atoms with Gasteiger partial charge in [-0.3, -0.25) is 5.32 Å². The van der Waals surface area contributed by atoms with Gasteiger partial charge in [0.05, 0.1) is 30.3 Å². The molecule has 184 valence electrons. The summed E-state index contributed by atoms with van der Waals surface area (Å²) < 4.78 is 86.4. The lowest BCUT2D eigenvalue weighted by molar-refractivity contribution is -0.143. The Labute approximate surface area is 199 Å². The molecule has 0 saturated heterocycles. The molecular weight excluding hydrogens is 470 g/mol. The normalized spacial score (nSPS) is 13.3. The Hall–Kier alpha value is -3.35. The largest absolute Gasteiger partial charge is 0.416 e. The summed E-state index contributed by atoms with van der Waals surface area (Å²) in [5.41, 5.74) is -3.19. The lowest BCUT2D eigenvalue weighted by Gasteiger charge is -2.40. The van der Waals surface area contributed by atoms with Gasteiger partial charge in [0.25, 0.3) is 0 Å². The van der Waals surface area contributed by atoms with Crippen LogP contribution >= 0.6 is 0 Å². The fourth-order valence-electron chi connectivity index (χ4n) is 3.97. The van der Waals surface area contributed by atoms with Gasteiger partial charge < -0.3 is 4.74 Å². The highest BCUT2D eigenvalue weighted by Crippen LogP contribution is 2.40. The Balaban J connectivity index is 2.14. The number of nitrogens with zero attached hydrogens (tertiary/aromatic N) is 1. The molecule has 1 atom stereocenters. The summed E-state index contributed by atoms with van der Waals surface area (Å²) in [4.78, 5) is 0. The van der Waals surface area contributed by atoms with Crippen molar-refractivity contribution in [2.45, 2.75) is 37.5 Å². The average Bonchev–Trinajstić information content (AvgIpc) is 2.83. The number of rotatable bonds is 8. The Kier molecular flexibility index (Phi) is 7.88. The molecule has 1 unspecified atom stereocenters. The predicted molar refractivity (Wildman–Crippen MR) is 118 cm³/mol. The van der Waals surface area contributed by atoms with E-state index in [9.17, 15) is 26.3 Å². The van der Waals surface area contributed by atoms with Gasteiger partial charge in [0, 0.05) is 6.04 Å². The molecule has 3 aromatic carbocycles. The maximum atomic E-state index is 13.4. The van der Waals surface area contributed by atoms with Crippen LogP contribution < -0.4 is 5.32 Å². The van der Waals surface area contributed by atoms with E-state index >= 15 is 0 Å². The maximum Gasteiger partial charge on any atom is 0.416 e. The molecule has 0 aromatic heterocycles. The van der Waals surface area contributed by atoms with Gasteiger partial charge in [0.15, 0.2) is 0 Å². The molecule has 3 rings (SSSR count). The molecule has 1 N–H and O–H groups in total. The zero-order chi connectivity index (χ0) is 25.7. The molecular formula is C26H22F6N2O. The number of nitrogens with one attached hydrogen (secondary N) is 1. The van der Waals surface area contributed by atoms with Gasteiger partial charge in [-0.15, -0.1) is 0 Å². The van der Waals surface area contributed by atoms with Crippen LogP contribution in [0.3, 0.4) is 0 Å². The second-order valence-electron chi connectivity index (χ2n) is 7.93. The number of halogens is 6. The van der Waals surface area contributed by atoms with Gasteiger partial charge in [0.2, 0.25) is 0 Å². The Morgan fingerprint density at radius 2 is 1.23 bits per heavy atom. The molecule has 3 aromatic rings. The van der Waals surface area contributed by atoms with Crippen molar-refractivity contribution in [2.24, 2.45) is 0 Å². The summed E-state index contributed by atoms with van der Waals surface area (Å²) in [7, 11) is 0. The second kappa shape index (κ2) is 10.5. The number of ether oxygens (including phenoxy) is 1. The summed E-state index contributed by atoms with van der Waals surface area (Å²) >= 11 is 0. The van der Waals surface area contributed by atoms with Crippen LogP contribution in [0, 0.1) is 11.3 Å². The fraction of sp³-hybridized carbons (Fsp3) is 0.269. The number of benzene rings is 3. The minimum Gasteiger partial charge on any atom is -0.359 e. The lowest BCUT2D eigenvalue weighted by atomic mass is 9.80. The van der Waals surface area contributed by atoms with E-state index in [0.717, 1.165) is 0 Å². The third-order valence-electron chi connectivity index (χ3n) is 5.62. The highest BCUT2D eigenvalue weighted by Gasteiger charge is 2.42. The van der Waals surface area contributed by atoms with Gasteiger partial charge in [0.1, 0.15) is 5.60 Å². The van der Waals surface area contributed by atoms with Crippen molar-refractivity contribution in [3.8, 4) is 6.07 Å². The zero-order valence-electron chi connectivity index (χ0n) is 18.6. The first-order valence-electron chi connectivity index (χ1n) is 10.6. The van der Waals surface area contributed by atoms with Crippen LogP contribution in [0.2, 0.25) is 0 Å². The molecule has 0 bridgehead atoms. The van der Waals surface area contributed by atoms with Gasteiger partial charge in [-0.2, -0.15) is 31.6 Å². The second-order valence-corrected chi connectivity index (χ2v) is 7.93. The van der Waals surface area contributed by atoms with Crippen molar-refractivity contribution in [1.82, 2.24) is 5.32 Å². The van der Waals surface area contributed by atoms with Crippen molar-refractivity contribution in [2.75, 3.05) is 6.54 Å². The molecule has 0 fully saturated rings. The van der Waals surface area contributed by atoms with Crippen molar-refractivity contribution in [3.63, 3.8) is 0 Å². The number of hydrogen-bond donors (Lipinski definition) is 1. The summed E-state index contributed by atoms with van der Waals surface area (Å²) in [5, 5.41) is 12.1. The van der Waals surface area contributed by atoms with Gasteiger partial charge >= 0.3 is 12.4 Å². The Morgan fingerprint density at radius 1 is 0.771 bits per heavy atom. The van der Waals surface area contributed by atoms with E-state index in [1.165, 1.54) is 0 Å². The molecule has 0 spiro atoms. The van der Waals surface area contributed by atoms with Crippen LogP contribution in [-0.4, -0.2) is 12.6 Å². The molecule has 35 heavy (non-hydrogen) atoms. The highest BCUT2D eigenvalue weighted by atomic mass is 19.4. The third-order valence-corrected chi connectivity index (χ3v) is 5.62. The molecule has 0 saturated carbocycles. The number of hydrogen-bond acceptors (Lipinski definition) is 3. The fourth-order valence-corrected chi connectivity index (χ4v) is 3.97. The molecule has 0 amide bonds. The zero-order valence-corrected chi connectivity index (χ0v) is 18.6. The number of nitriles is 1. The summed E-state index contributed by atoms with van der Waals surface area (Å²) in [6.45, 7) is 1.15. The summed E-state index contributed by atoms with van der Waals surface area (Å²) in [6.07, 6.45) is -9.93. The first kappa shape index (κ1) is 26.3. The number of alkyl halides is 6. The van der Waals surface area contributed by atoms with E-state index in [1.807, 2.05) is 6.07 Å². The molecule has 0 aliphatic heterocycles. The van der Waals surface area contributed by atoms with Crippen LogP contribution in [-0.2, 0) is 29.3 Å². The van der Waals surface area contributed by atoms with Crippen LogP contribution in [0.15, 0.2) is 78.9 Å². The van der Waals surface area contributed by atoms with E-state index in [2.05, 4.69) is 5.32 Å². The maximum absolute atomic E-state index is 13.4. The van der Waals surface area contributed by atoms with Crippen molar-refractivity contribution < 1.29 is 31.1 Å². The van der Waals surface area contributed by atoms with Crippen molar-refractivity contribution in [3.05, 3.63) is 107 Å². The minimum atomic E-state index is -4.96. The van der Waals surface area contributed by atoms with Crippen LogP contribution in [0.5, 0.6) is 0 Å². The van der Waals surface area contributed by atoms with Gasteiger partial charge in [-0.05, 0) is 41.8 Å². The van der Waals surface area contributed by atoms with Gasteiger partial charge in [-0.25, -0.2) is 0 Å². The quantitative estimate of drug-likeness (QED) is 0.282. The smallest absolute Gasteiger partial charge is 0.359 e. The topological polar surface area (TPSA) is 45.0 Å². The Bertz CT molecular complexity index is 1080. The standard InChI is InChI=1S/C26H22F6N2O/c1-18(34-13-12-33)24(20-8-4-2-5-9-20,21-10-6-3-7-11-21)35-17-19-14-22(25(27,28)29)16-23(15-19)26(30,31)32/h2-11,14-16,18,34H,13,17H2,1H3. The lowest BCUT2D eigenvalue weighted by Crippen LogP contribution is -2.49. The Morgan fingerprint density at radius 3 is 1.63 bits per heavy atom. The van der Waals surface area contributed by atoms with Gasteiger partial charge in [-0.1, -0.05) is 60.7 Å². The van der Waals surface area contributed by atoms with Crippen molar-refractivity contribution >= 4 is 0 Å². The molecule has 0 heterocycles. The molecule has 0 aliphatic carbocycles. The van der Waals surface area contributed by atoms with E-state index < -0.39 is 41.7 Å². The van der Waals surface area contributed by atoms with E-state index in [0.29, 0.717) is 23.3 Å². The molecule has 0 radical (unpaired) electrons. The van der Waals surface area contributed by atoms with Crippen LogP contribution in [0.25, 0.3) is 0 Å². The van der Waals surface area contributed by atoms with E-state index in [-0.39, 0.29) is 18.2 Å². The molecule has 0 aliphatic rings. The monoisotopic (exact) mass is 492 g/mol. The molecule has 9 heteroatoms. The predicted octanol–water partition coefficient (Wildman–Crippen LogP) is 6.69. The van der Waals surface area contributed by atoms with Crippen molar-refractivity contribution in [1.29, 1.82) is 5.26 Å². The summed E-state index contributed by atoms with van der Waals surface area (Å²) in [5.74, 6) is 0. The molecule has 3 nitrogen and oxygen atoms in total. The first-order chi connectivity index (χ1) is 16.5. The van der Waals surface area contributed by atoms with Crippen LogP contribution in [0.1, 0.15) is 34.7 Å². The van der Waals surface area contributed by atoms with Crippen LogP contribution in [0.4, 0.5) is 26.3 Å².